The summed E-state index contributed by atoms with van der Waals surface area (Å²) in [5.41, 5.74) is 1.61. The molecule has 2 rings (SSSR count). The van der Waals surface area contributed by atoms with E-state index in [-0.39, 0.29) is 5.97 Å². The van der Waals surface area contributed by atoms with E-state index in [9.17, 15) is 4.79 Å². The number of methoxy groups -OCH3 is 1. The molecule has 1 saturated heterocycles. The van der Waals surface area contributed by atoms with Gasteiger partial charge < -0.3 is 14.8 Å². The first kappa shape index (κ1) is 15.0. The number of esters is 1. The number of carbonyl (C=O) groups excluding carboxylic acids is 1. The molecule has 0 amide bonds. The fourth-order valence-corrected chi connectivity index (χ4v) is 2.50. The van der Waals surface area contributed by atoms with E-state index >= 15 is 0 Å². The van der Waals surface area contributed by atoms with Crippen molar-refractivity contribution >= 4 is 5.97 Å². The molecule has 1 heterocycles. The van der Waals surface area contributed by atoms with Crippen molar-refractivity contribution in [2.75, 3.05) is 20.3 Å². The Morgan fingerprint density at radius 1 is 1.40 bits per heavy atom. The quantitative estimate of drug-likeness (QED) is 0.641. The SMILES string of the molecule is COC(=O)c1ccccc1CNCCC1CCCCO1. The lowest BCUT2D eigenvalue weighted by atomic mass is 10.1. The van der Waals surface area contributed by atoms with E-state index in [4.69, 9.17) is 9.47 Å². The highest BCUT2D eigenvalue weighted by atomic mass is 16.5. The van der Waals surface area contributed by atoms with Crippen molar-refractivity contribution in [1.29, 1.82) is 0 Å². The van der Waals surface area contributed by atoms with E-state index in [1.165, 1.54) is 26.4 Å². The molecule has 4 nitrogen and oxygen atoms in total. The van der Waals surface area contributed by atoms with Crippen molar-refractivity contribution in [3.63, 3.8) is 0 Å². The molecule has 0 aliphatic carbocycles. The van der Waals surface area contributed by atoms with Gasteiger partial charge in [0, 0.05) is 13.2 Å². The van der Waals surface area contributed by atoms with Gasteiger partial charge in [-0.3, -0.25) is 0 Å². The molecule has 1 fully saturated rings. The van der Waals surface area contributed by atoms with Gasteiger partial charge >= 0.3 is 5.97 Å². The maximum Gasteiger partial charge on any atom is 0.338 e. The molecule has 0 radical (unpaired) electrons. The molecule has 0 bridgehead atoms. The van der Waals surface area contributed by atoms with Gasteiger partial charge in [0.05, 0.1) is 18.8 Å². The van der Waals surface area contributed by atoms with Crippen LogP contribution in [-0.2, 0) is 16.0 Å². The molecule has 1 atom stereocenters. The van der Waals surface area contributed by atoms with Gasteiger partial charge in [-0.2, -0.15) is 0 Å². The Hall–Kier alpha value is -1.39. The summed E-state index contributed by atoms with van der Waals surface area (Å²) in [5, 5.41) is 3.38. The Labute approximate surface area is 120 Å². The van der Waals surface area contributed by atoms with Gasteiger partial charge in [0.15, 0.2) is 0 Å². The molecule has 0 aromatic heterocycles. The number of hydrogen-bond acceptors (Lipinski definition) is 4. The fourth-order valence-electron chi connectivity index (χ4n) is 2.50. The summed E-state index contributed by atoms with van der Waals surface area (Å²) in [5.74, 6) is -0.280. The zero-order chi connectivity index (χ0) is 14.2. The van der Waals surface area contributed by atoms with Crippen LogP contribution in [0.15, 0.2) is 24.3 Å². The van der Waals surface area contributed by atoms with E-state index < -0.39 is 0 Å². The summed E-state index contributed by atoms with van der Waals surface area (Å²) < 4.78 is 10.5. The topological polar surface area (TPSA) is 47.6 Å². The Bertz CT molecular complexity index is 427. The summed E-state index contributed by atoms with van der Waals surface area (Å²) in [4.78, 5) is 11.6. The predicted octanol–water partition coefficient (Wildman–Crippen LogP) is 2.52. The van der Waals surface area contributed by atoms with Crippen LogP contribution in [0.4, 0.5) is 0 Å². The first-order chi connectivity index (χ1) is 9.81. The lowest BCUT2D eigenvalue weighted by molar-refractivity contribution is 0.0115. The van der Waals surface area contributed by atoms with E-state index in [0.29, 0.717) is 18.2 Å². The lowest BCUT2D eigenvalue weighted by Gasteiger charge is -2.22. The standard InChI is InChI=1S/C16H23NO3/c1-19-16(18)15-8-3-2-6-13(15)12-17-10-9-14-7-4-5-11-20-14/h2-3,6,8,14,17H,4-5,7,9-12H2,1H3. The van der Waals surface area contributed by atoms with Crippen LogP contribution in [0, 0.1) is 0 Å². The van der Waals surface area contributed by atoms with Crippen LogP contribution in [0.2, 0.25) is 0 Å². The lowest BCUT2D eigenvalue weighted by Crippen LogP contribution is -2.25. The third kappa shape index (κ3) is 4.32. The van der Waals surface area contributed by atoms with Crippen LogP contribution < -0.4 is 5.32 Å². The van der Waals surface area contributed by atoms with Gasteiger partial charge in [-0.15, -0.1) is 0 Å². The molecule has 20 heavy (non-hydrogen) atoms. The second-order valence-corrected chi connectivity index (χ2v) is 5.10. The molecule has 0 spiro atoms. The zero-order valence-corrected chi connectivity index (χ0v) is 12.1. The fraction of sp³-hybridized carbons (Fsp3) is 0.562. The minimum absolute atomic E-state index is 0.280. The second-order valence-electron chi connectivity index (χ2n) is 5.10. The number of ether oxygens (including phenoxy) is 2. The molecule has 1 aromatic carbocycles. The van der Waals surface area contributed by atoms with Crippen LogP contribution in [0.25, 0.3) is 0 Å². The number of nitrogens with one attached hydrogen (secondary N) is 1. The van der Waals surface area contributed by atoms with E-state index in [0.717, 1.165) is 25.1 Å². The van der Waals surface area contributed by atoms with Gasteiger partial charge in [0.25, 0.3) is 0 Å². The summed E-state index contributed by atoms with van der Waals surface area (Å²) in [6, 6.07) is 7.54. The van der Waals surface area contributed by atoms with E-state index in [1.54, 1.807) is 6.07 Å². The zero-order valence-electron chi connectivity index (χ0n) is 12.1. The van der Waals surface area contributed by atoms with Gasteiger partial charge in [-0.05, 0) is 43.9 Å². The summed E-state index contributed by atoms with van der Waals surface area (Å²) in [7, 11) is 1.41. The van der Waals surface area contributed by atoms with Crippen LogP contribution in [0.5, 0.6) is 0 Å². The molecule has 4 heteroatoms. The molecule has 1 unspecified atom stereocenters. The van der Waals surface area contributed by atoms with Crippen molar-refractivity contribution in [2.24, 2.45) is 0 Å². The number of hydrogen-bond donors (Lipinski definition) is 1. The Morgan fingerprint density at radius 3 is 3.00 bits per heavy atom. The minimum atomic E-state index is -0.280. The van der Waals surface area contributed by atoms with Crippen molar-refractivity contribution in [3.05, 3.63) is 35.4 Å². The second kappa shape index (κ2) is 8.02. The predicted molar refractivity (Wildman–Crippen MR) is 77.7 cm³/mol. The number of carbonyl (C=O) groups is 1. The first-order valence-corrected chi connectivity index (χ1v) is 7.30. The number of rotatable bonds is 6. The monoisotopic (exact) mass is 277 g/mol. The summed E-state index contributed by atoms with van der Waals surface area (Å²) in [6.45, 7) is 2.48. The molecule has 1 aliphatic heterocycles. The van der Waals surface area contributed by atoms with E-state index in [2.05, 4.69) is 5.32 Å². The molecular formula is C16H23NO3. The van der Waals surface area contributed by atoms with E-state index in [1.807, 2.05) is 18.2 Å². The first-order valence-electron chi connectivity index (χ1n) is 7.30. The Balaban J connectivity index is 1.77. The highest BCUT2D eigenvalue weighted by molar-refractivity contribution is 5.90. The Kier molecular flexibility index (Phi) is 6.02. The van der Waals surface area contributed by atoms with Gasteiger partial charge in [-0.1, -0.05) is 18.2 Å². The minimum Gasteiger partial charge on any atom is -0.465 e. The smallest absolute Gasteiger partial charge is 0.338 e. The molecule has 1 aliphatic rings. The average molecular weight is 277 g/mol. The highest BCUT2D eigenvalue weighted by Crippen LogP contribution is 2.15. The third-order valence-corrected chi connectivity index (χ3v) is 3.66. The maximum absolute atomic E-state index is 11.6. The van der Waals surface area contributed by atoms with Crippen molar-refractivity contribution in [2.45, 2.75) is 38.3 Å². The van der Waals surface area contributed by atoms with Gasteiger partial charge in [0.1, 0.15) is 0 Å². The largest absolute Gasteiger partial charge is 0.465 e. The van der Waals surface area contributed by atoms with Crippen LogP contribution in [0.1, 0.15) is 41.6 Å². The maximum atomic E-state index is 11.6. The Morgan fingerprint density at radius 2 is 2.25 bits per heavy atom. The molecule has 1 aromatic rings. The summed E-state index contributed by atoms with van der Waals surface area (Å²) in [6.07, 6.45) is 5.06. The third-order valence-electron chi connectivity index (χ3n) is 3.66. The summed E-state index contributed by atoms with van der Waals surface area (Å²) >= 11 is 0. The number of benzene rings is 1. The van der Waals surface area contributed by atoms with Crippen molar-refractivity contribution in [3.8, 4) is 0 Å². The van der Waals surface area contributed by atoms with Crippen molar-refractivity contribution < 1.29 is 14.3 Å². The molecule has 1 N–H and O–H groups in total. The molecular weight excluding hydrogens is 254 g/mol. The highest BCUT2D eigenvalue weighted by Gasteiger charge is 2.13. The van der Waals surface area contributed by atoms with Gasteiger partial charge in [0.2, 0.25) is 0 Å². The van der Waals surface area contributed by atoms with Crippen LogP contribution in [-0.4, -0.2) is 32.3 Å². The average Bonchev–Trinajstić information content (AvgIpc) is 2.52. The molecule has 110 valence electrons. The van der Waals surface area contributed by atoms with Crippen molar-refractivity contribution in [1.82, 2.24) is 5.32 Å². The van der Waals surface area contributed by atoms with Crippen LogP contribution in [0.3, 0.4) is 0 Å². The van der Waals surface area contributed by atoms with Crippen LogP contribution >= 0.6 is 0 Å². The van der Waals surface area contributed by atoms with Gasteiger partial charge in [-0.25, -0.2) is 4.79 Å². The molecule has 0 saturated carbocycles. The normalized spacial score (nSPS) is 18.8.